The van der Waals surface area contributed by atoms with E-state index >= 15 is 0 Å². The molecule has 1 unspecified atom stereocenters. The maximum atomic E-state index is 13.4. The molecule has 5 rings (SSSR count). The fourth-order valence-corrected chi connectivity index (χ4v) is 4.98. The smallest absolute Gasteiger partial charge is 0.254 e. The molecule has 0 radical (unpaired) electrons. The highest BCUT2D eigenvalue weighted by Gasteiger charge is 2.27. The molecule has 0 aliphatic carbocycles. The van der Waals surface area contributed by atoms with Crippen LogP contribution in [-0.4, -0.2) is 72.0 Å². The largest absolute Gasteiger partial charge is 0.354 e. The second-order valence-electron chi connectivity index (χ2n) is 9.64. The zero-order valence-electron chi connectivity index (χ0n) is 20.2. The lowest BCUT2D eigenvalue weighted by Gasteiger charge is -2.34. The van der Waals surface area contributed by atoms with Crippen LogP contribution in [0.4, 0.5) is 10.2 Å². The van der Waals surface area contributed by atoms with Gasteiger partial charge in [-0.25, -0.2) is 9.37 Å². The fourth-order valence-electron chi connectivity index (χ4n) is 4.98. The highest BCUT2D eigenvalue weighted by atomic mass is 19.1. The first-order valence-corrected chi connectivity index (χ1v) is 12.4. The predicted octanol–water partition coefficient (Wildman–Crippen LogP) is 3.98. The van der Waals surface area contributed by atoms with E-state index in [9.17, 15) is 9.18 Å². The lowest BCUT2D eigenvalue weighted by molar-refractivity contribution is 0.0705. The van der Waals surface area contributed by atoms with Crippen LogP contribution in [0.2, 0.25) is 0 Å². The molecule has 3 aromatic rings. The number of aromatic nitrogens is 2. The normalized spacial score (nSPS) is 19.1. The monoisotopic (exact) mass is 473 g/mol. The molecule has 0 N–H and O–H groups in total. The van der Waals surface area contributed by atoms with E-state index in [0.717, 1.165) is 68.3 Å². The lowest BCUT2D eigenvalue weighted by Crippen LogP contribution is -2.45. The van der Waals surface area contributed by atoms with Crippen LogP contribution in [-0.2, 0) is 6.42 Å². The number of nitrogens with zero attached hydrogens (tertiary/aromatic N) is 5. The summed E-state index contributed by atoms with van der Waals surface area (Å²) in [6, 6.07) is 16.4. The summed E-state index contributed by atoms with van der Waals surface area (Å²) in [5.41, 5.74) is 3.72. The first kappa shape index (κ1) is 23.4. The maximum Gasteiger partial charge on any atom is 0.254 e. The van der Waals surface area contributed by atoms with Crippen molar-refractivity contribution in [2.75, 3.05) is 51.2 Å². The number of piperidine rings is 1. The Hall–Kier alpha value is -3.32. The van der Waals surface area contributed by atoms with Crippen LogP contribution >= 0.6 is 0 Å². The van der Waals surface area contributed by atoms with E-state index in [0.29, 0.717) is 18.5 Å². The van der Waals surface area contributed by atoms with Crippen LogP contribution in [0.5, 0.6) is 0 Å². The Bertz CT molecular complexity index is 1160. The van der Waals surface area contributed by atoms with E-state index in [-0.39, 0.29) is 17.6 Å². The highest BCUT2D eigenvalue weighted by Crippen LogP contribution is 2.27. The molecule has 1 atom stereocenters. The predicted molar refractivity (Wildman–Crippen MR) is 135 cm³/mol. The third-order valence-electron chi connectivity index (χ3n) is 7.07. The standard InChI is InChI=1S/C28H32FN5O/c1-32-14-16-33(17-15-32)27-19-22(11-12-30-27)28(35)34-13-3-4-23(20-34)26-6-2-5-25(31-26)18-21-7-9-24(29)10-8-21/h2,5-12,19,23H,3-4,13-18,20H2,1H3. The van der Waals surface area contributed by atoms with Gasteiger partial charge >= 0.3 is 0 Å². The summed E-state index contributed by atoms with van der Waals surface area (Å²) in [4.78, 5) is 29.4. The minimum Gasteiger partial charge on any atom is -0.354 e. The molecule has 2 aliphatic heterocycles. The molecule has 182 valence electrons. The van der Waals surface area contributed by atoms with Crippen LogP contribution in [0.15, 0.2) is 60.8 Å². The van der Waals surface area contributed by atoms with Crippen molar-refractivity contribution < 1.29 is 9.18 Å². The van der Waals surface area contributed by atoms with E-state index in [2.05, 4.69) is 27.9 Å². The van der Waals surface area contributed by atoms with Gasteiger partial charge in [0.25, 0.3) is 5.91 Å². The third-order valence-corrected chi connectivity index (χ3v) is 7.07. The average molecular weight is 474 g/mol. The first-order chi connectivity index (χ1) is 17.0. The molecule has 0 spiro atoms. The zero-order valence-corrected chi connectivity index (χ0v) is 20.2. The Kier molecular flexibility index (Phi) is 7.04. The SMILES string of the molecule is CN1CCN(c2cc(C(=O)N3CCCC(c4cccc(Cc5ccc(F)cc5)n4)C3)ccn2)CC1. The van der Waals surface area contributed by atoms with Gasteiger partial charge in [-0.2, -0.15) is 0 Å². The molecule has 0 saturated carbocycles. The number of likely N-dealkylation sites (tertiary alicyclic amines) is 1. The molecule has 2 fully saturated rings. The molecule has 4 heterocycles. The molecule has 2 saturated heterocycles. The van der Waals surface area contributed by atoms with E-state index in [1.54, 1.807) is 18.3 Å². The van der Waals surface area contributed by atoms with Gasteiger partial charge in [-0.1, -0.05) is 18.2 Å². The van der Waals surface area contributed by atoms with Gasteiger partial charge in [0, 0.05) is 74.8 Å². The number of likely N-dealkylation sites (N-methyl/N-ethyl adjacent to an activating group) is 1. The number of anilines is 1. The van der Waals surface area contributed by atoms with Gasteiger partial charge in [0.1, 0.15) is 11.6 Å². The summed E-state index contributed by atoms with van der Waals surface area (Å²) < 4.78 is 13.2. The Morgan fingerprint density at radius 2 is 1.83 bits per heavy atom. The second-order valence-corrected chi connectivity index (χ2v) is 9.64. The van der Waals surface area contributed by atoms with Gasteiger partial charge in [-0.3, -0.25) is 9.78 Å². The van der Waals surface area contributed by atoms with Gasteiger partial charge in [-0.15, -0.1) is 0 Å². The minimum atomic E-state index is -0.229. The van der Waals surface area contributed by atoms with Crippen molar-refractivity contribution in [3.05, 3.63) is 89.1 Å². The van der Waals surface area contributed by atoms with Crippen molar-refractivity contribution in [1.82, 2.24) is 19.8 Å². The third kappa shape index (κ3) is 5.68. The molecule has 35 heavy (non-hydrogen) atoms. The van der Waals surface area contributed by atoms with Crippen molar-refractivity contribution >= 4 is 11.7 Å². The number of hydrogen-bond donors (Lipinski definition) is 0. The topological polar surface area (TPSA) is 52.6 Å². The molecule has 2 aliphatic rings. The number of halogens is 1. The average Bonchev–Trinajstić information content (AvgIpc) is 2.90. The van der Waals surface area contributed by atoms with Gasteiger partial charge < -0.3 is 14.7 Å². The molecular formula is C28H32FN5O. The van der Waals surface area contributed by atoms with E-state index in [4.69, 9.17) is 4.98 Å². The Morgan fingerprint density at radius 1 is 1.03 bits per heavy atom. The van der Waals surface area contributed by atoms with E-state index < -0.39 is 0 Å². The molecule has 1 aromatic carbocycles. The van der Waals surface area contributed by atoms with Crippen LogP contribution < -0.4 is 4.90 Å². The number of carbonyl (C=O) groups is 1. The van der Waals surface area contributed by atoms with Gasteiger partial charge in [0.2, 0.25) is 0 Å². The summed E-state index contributed by atoms with van der Waals surface area (Å²) in [6.07, 6.45) is 4.38. The van der Waals surface area contributed by atoms with Gasteiger partial charge in [-0.05, 0) is 61.9 Å². The van der Waals surface area contributed by atoms with Crippen molar-refractivity contribution in [3.63, 3.8) is 0 Å². The van der Waals surface area contributed by atoms with E-state index in [1.807, 2.05) is 29.2 Å². The van der Waals surface area contributed by atoms with Crippen LogP contribution in [0, 0.1) is 5.82 Å². The molecule has 6 nitrogen and oxygen atoms in total. The molecular weight excluding hydrogens is 441 g/mol. The van der Waals surface area contributed by atoms with Gasteiger partial charge in [0.15, 0.2) is 0 Å². The number of carbonyl (C=O) groups excluding carboxylic acids is 1. The summed E-state index contributed by atoms with van der Waals surface area (Å²) in [5, 5.41) is 0. The quantitative estimate of drug-likeness (QED) is 0.561. The lowest BCUT2D eigenvalue weighted by atomic mass is 9.93. The summed E-state index contributed by atoms with van der Waals surface area (Å²) in [5.74, 6) is 0.926. The summed E-state index contributed by atoms with van der Waals surface area (Å²) >= 11 is 0. The second kappa shape index (κ2) is 10.5. The first-order valence-electron chi connectivity index (χ1n) is 12.4. The summed E-state index contributed by atoms with van der Waals surface area (Å²) in [7, 11) is 2.13. The van der Waals surface area contributed by atoms with Crippen LogP contribution in [0.1, 0.15) is 46.1 Å². The van der Waals surface area contributed by atoms with Crippen molar-refractivity contribution in [3.8, 4) is 0 Å². The number of hydrogen-bond acceptors (Lipinski definition) is 5. The zero-order chi connectivity index (χ0) is 24.2. The van der Waals surface area contributed by atoms with Crippen LogP contribution in [0.3, 0.4) is 0 Å². The Balaban J connectivity index is 1.26. The Morgan fingerprint density at radius 3 is 2.63 bits per heavy atom. The molecule has 1 amide bonds. The van der Waals surface area contributed by atoms with E-state index in [1.165, 1.54) is 12.1 Å². The molecule has 7 heteroatoms. The fraction of sp³-hybridized carbons (Fsp3) is 0.393. The number of amides is 1. The number of benzene rings is 1. The molecule has 0 bridgehead atoms. The number of piperazine rings is 1. The number of rotatable bonds is 5. The number of pyridine rings is 2. The van der Waals surface area contributed by atoms with Crippen molar-refractivity contribution in [1.29, 1.82) is 0 Å². The van der Waals surface area contributed by atoms with Crippen molar-refractivity contribution in [2.24, 2.45) is 0 Å². The Labute approximate surface area is 206 Å². The minimum absolute atomic E-state index is 0.0648. The highest BCUT2D eigenvalue weighted by molar-refractivity contribution is 5.95. The molecule has 2 aromatic heterocycles. The van der Waals surface area contributed by atoms with Crippen LogP contribution in [0.25, 0.3) is 0 Å². The van der Waals surface area contributed by atoms with Gasteiger partial charge in [0.05, 0.1) is 0 Å². The summed E-state index contributed by atoms with van der Waals surface area (Å²) in [6.45, 7) is 5.27. The van der Waals surface area contributed by atoms with Crippen molar-refractivity contribution in [2.45, 2.75) is 25.2 Å². The maximum absolute atomic E-state index is 13.4.